The Kier molecular flexibility index (Phi) is 5.19. The van der Waals surface area contributed by atoms with Crippen molar-refractivity contribution in [2.24, 2.45) is 0 Å². The van der Waals surface area contributed by atoms with E-state index in [0.717, 1.165) is 16.6 Å². The maximum absolute atomic E-state index is 12.0. The number of rotatable bonds is 4. The molecule has 2 heterocycles. The van der Waals surface area contributed by atoms with Gasteiger partial charge < -0.3 is 14.0 Å². The van der Waals surface area contributed by atoms with Crippen LogP contribution in [0.25, 0.3) is 11.1 Å². The third kappa shape index (κ3) is 4.47. The molecule has 3 rings (SSSR count). The highest BCUT2D eigenvalue weighted by atomic mass is 16.7. The van der Waals surface area contributed by atoms with Crippen LogP contribution in [0, 0.1) is 0 Å². The van der Waals surface area contributed by atoms with E-state index in [9.17, 15) is 4.79 Å². The Morgan fingerprint density at radius 2 is 1.64 bits per heavy atom. The third-order valence-corrected chi connectivity index (χ3v) is 5.11. The summed E-state index contributed by atoms with van der Waals surface area (Å²) >= 11 is 0. The number of esters is 1. The highest BCUT2D eigenvalue weighted by Gasteiger charge is 2.51. The molecule has 1 aliphatic rings. The maximum atomic E-state index is 12.0. The number of carbonyl (C=O) groups excluding carboxylic acids is 1. The van der Waals surface area contributed by atoms with Gasteiger partial charge in [-0.1, -0.05) is 24.3 Å². The quantitative estimate of drug-likeness (QED) is 0.599. The zero-order valence-electron chi connectivity index (χ0n) is 17.8. The van der Waals surface area contributed by atoms with Crippen LogP contribution in [0.4, 0.5) is 0 Å². The molecule has 0 N–H and O–H groups in total. The number of hydrogen-bond donors (Lipinski definition) is 0. The van der Waals surface area contributed by atoms with E-state index in [4.69, 9.17) is 14.0 Å². The van der Waals surface area contributed by atoms with Crippen molar-refractivity contribution >= 4 is 18.6 Å². The Bertz CT molecular complexity index is 834. The molecular formula is C21H29BN2O4. The SMILES string of the molecule is CC(C)(C)OC(=O)Cn1cc(-c2ccc(B3OC(C)(C)C(C)(C)O3)cc2)cn1. The first-order valence-electron chi connectivity index (χ1n) is 9.57. The van der Waals surface area contributed by atoms with Gasteiger partial charge in [-0.25, -0.2) is 0 Å². The van der Waals surface area contributed by atoms with Crippen LogP contribution < -0.4 is 5.46 Å². The van der Waals surface area contributed by atoms with Crippen molar-refractivity contribution in [3.63, 3.8) is 0 Å². The van der Waals surface area contributed by atoms with Gasteiger partial charge >= 0.3 is 13.1 Å². The lowest BCUT2D eigenvalue weighted by Gasteiger charge is -2.32. The lowest BCUT2D eigenvalue weighted by Crippen LogP contribution is -2.41. The minimum Gasteiger partial charge on any atom is -0.459 e. The Morgan fingerprint density at radius 3 is 2.18 bits per heavy atom. The second-order valence-electron chi connectivity index (χ2n) is 9.22. The minimum absolute atomic E-state index is 0.0866. The normalized spacial score (nSPS) is 18.3. The van der Waals surface area contributed by atoms with E-state index in [1.165, 1.54) is 0 Å². The molecule has 0 saturated carbocycles. The van der Waals surface area contributed by atoms with Crippen LogP contribution in [0.1, 0.15) is 48.5 Å². The highest BCUT2D eigenvalue weighted by molar-refractivity contribution is 6.62. The van der Waals surface area contributed by atoms with Gasteiger partial charge in [-0.2, -0.15) is 5.10 Å². The number of benzene rings is 1. The molecule has 0 atom stereocenters. The van der Waals surface area contributed by atoms with E-state index in [1.54, 1.807) is 10.9 Å². The molecule has 1 aromatic heterocycles. The molecule has 1 aromatic carbocycles. The van der Waals surface area contributed by atoms with E-state index < -0.39 is 5.60 Å². The minimum atomic E-state index is -0.504. The van der Waals surface area contributed by atoms with Gasteiger partial charge in [0, 0.05) is 11.8 Å². The molecule has 1 fully saturated rings. The Labute approximate surface area is 167 Å². The van der Waals surface area contributed by atoms with Crippen molar-refractivity contribution in [1.29, 1.82) is 0 Å². The third-order valence-electron chi connectivity index (χ3n) is 5.11. The monoisotopic (exact) mass is 384 g/mol. The number of ether oxygens (including phenoxy) is 1. The molecule has 0 aliphatic carbocycles. The van der Waals surface area contributed by atoms with Crippen molar-refractivity contribution in [2.75, 3.05) is 0 Å². The second-order valence-corrected chi connectivity index (χ2v) is 9.22. The molecule has 7 heteroatoms. The summed E-state index contributed by atoms with van der Waals surface area (Å²) in [5.74, 6) is -0.307. The second kappa shape index (κ2) is 7.05. The van der Waals surface area contributed by atoms with Crippen LogP contribution in [0.2, 0.25) is 0 Å². The molecule has 0 radical (unpaired) electrons. The lowest BCUT2D eigenvalue weighted by molar-refractivity contribution is -0.155. The zero-order valence-corrected chi connectivity index (χ0v) is 17.8. The summed E-state index contributed by atoms with van der Waals surface area (Å²) in [7, 11) is -0.381. The van der Waals surface area contributed by atoms with Gasteiger partial charge in [-0.3, -0.25) is 9.48 Å². The molecule has 0 bridgehead atoms. The topological polar surface area (TPSA) is 62.6 Å². The van der Waals surface area contributed by atoms with E-state index in [-0.39, 0.29) is 30.8 Å². The Hall–Kier alpha value is -2.12. The van der Waals surface area contributed by atoms with Crippen LogP contribution >= 0.6 is 0 Å². The van der Waals surface area contributed by atoms with Gasteiger partial charge in [0.15, 0.2) is 0 Å². The van der Waals surface area contributed by atoms with Crippen LogP contribution in [0.3, 0.4) is 0 Å². The summed E-state index contributed by atoms with van der Waals surface area (Å²) in [5.41, 5.74) is 1.69. The summed E-state index contributed by atoms with van der Waals surface area (Å²) < 4.78 is 19.1. The molecule has 150 valence electrons. The summed E-state index contributed by atoms with van der Waals surface area (Å²) in [6.45, 7) is 13.8. The molecule has 0 unspecified atom stereocenters. The largest absolute Gasteiger partial charge is 0.494 e. The summed E-state index contributed by atoms with van der Waals surface area (Å²) in [5, 5.41) is 4.27. The van der Waals surface area contributed by atoms with Crippen LogP contribution in [-0.2, 0) is 25.4 Å². The smallest absolute Gasteiger partial charge is 0.459 e. The van der Waals surface area contributed by atoms with Gasteiger partial charge in [-0.05, 0) is 59.5 Å². The maximum Gasteiger partial charge on any atom is 0.494 e. The van der Waals surface area contributed by atoms with Crippen LogP contribution in [0.15, 0.2) is 36.7 Å². The summed E-state index contributed by atoms with van der Waals surface area (Å²) in [6, 6.07) is 8.02. The number of aromatic nitrogens is 2. The number of carbonyl (C=O) groups is 1. The number of hydrogen-bond acceptors (Lipinski definition) is 5. The van der Waals surface area contributed by atoms with E-state index in [0.29, 0.717) is 0 Å². The van der Waals surface area contributed by atoms with Gasteiger partial charge in [0.2, 0.25) is 0 Å². The molecular weight excluding hydrogens is 355 g/mol. The Balaban J connectivity index is 1.68. The Morgan fingerprint density at radius 1 is 1.07 bits per heavy atom. The van der Waals surface area contributed by atoms with Gasteiger partial charge in [0.1, 0.15) is 12.1 Å². The summed E-state index contributed by atoms with van der Waals surface area (Å²) in [4.78, 5) is 12.0. The predicted octanol–water partition coefficient (Wildman–Crippen LogP) is 3.19. The van der Waals surface area contributed by atoms with Gasteiger partial charge in [-0.15, -0.1) is 0 Å². The van der Waals surface area contributed by atoms with Crippen molar-refractivity contribution in [3.05, 3.63) is 36.7 Å². The van der Waals surface area contributed by atoms with E-state index in [1.807, 2.05) is 78.9 Å². The van der Waals surface area contributed by atoms with Crippen molar-refractivity contribution < 1.29 is 18.8 Å². The van der Waals surface area contributed by atoms with E-state index >= 15 is 0 Å². The molecule has 1 saturated heterocycles. The first kappa shape index (κ1) is 20.6. The molecule has 0 spiro atoms. The molecule has 0 amide bonds. The van der Waals surface area contributed by atoms with Gasteiger partial charge in [0.05, 0.1) is 17.4 Å². The lowest BCUT2D eigenvalue weighted by atomic mass is 9.78. The molecule has 28 heavy (non-hydrogen) atoms. The van der Waals surface area contributed by atoms with Crippen molar-refractivity contribution in [2.45, 2.75) is 71.8 Å². The number of nitrogens with zero attached hydrogens (tertiary/aromatic N) is 2. The van der Waals surface area contributed by atoms with Crippen LogP contribution in [-0.4, -0.2) is 39.7 Å². The van der Waals surface area contributed by atoms with Crippen LogP contribution in [0.5, 0.6) is 0 Å². The fourth-order valence-electron chi connectivity index (χ4n) is 2.92. The molecule has 2 aromatic rings. The van der Waals surface area contributed by atoms with E-state index in [2.05, 4.69) is 5.10 Å². The van der Waals surface area contributed by atoms with Gasteiger partial charge in [0.25, 0.3) is 0 Å². The fraction of sp³-hybridized carbons (Fsp3) is 0.524. The van der Waals surface area contributed by atoms with Crippen molar-refractivity contribution in [3.8, 4) is 11.1 Å². The average Bonchev–Trinajstić information content (AvgIpc) is 3.08. The summed E-state index contributed by atoms with van der Waals surface area (Å²) in [6.07, 6.45) is 3.59. The zero-order chi connectivity index (χ0) is 20.7. The standard InChI is InChI=1S/C21H29BN2O4/c1-19(2,3)26-18(25)14-24-13-16(12-23-24)15-8-10-17(11-9-15)22-27-20(4,5)21(6,7)28-22/h8-13H,14H2,1-7H3. The first-order chi connectivity index (χ1) is 12.9. The molecule has 6 nitrogen and oxygen atoms in total. The average molecular weight is 384 g/mol. The van der Waals surface area contributed by atoms with Crippen molar-refractivity contribution in [1.82, 2.24) is 9.78 Å². The first-order valence-corrected chi connectivity index (χ1v) is 9.57. The predicted molar refractivity (Wildman–Crippen MR) is 109 cm³/mol. The molecule has 1 aliphatic heterocycles. The fourth-order valence-corrected chi connectivity index (χ4v) is 2.92. The highest BCUT2D eigenvalue weighted by Crippen LogP contribution is 2.36.